The highest BCUT2D eigenvalue weighted by Gasteiger charge is 2.42. The molecule has 0 aliphatic carbocycles. The number of aromatic nitrogens is 3. The zero-order valence-corrected chi connectivity index (χ0v) is 42.2. The van der Waals surface area contributed by atoms with Crippen LogP contribution in [0.1, 0.15) is 85.7 Å². The zero-order valence-electron chi connectivity index (χ0n) is 42.2. The average Bonchev–Trinajstić information content (AvgIpc) is 3.98. The molecule has 2 aromatic carbocycles. The van der Waals surface area contributed by atoms with Crippen molar-refractivity contribution in [2.45, 2.75) is 97.2 Å². The number of nitrogens with two attached hydrogens (primary N) is 2. The minimum absolute atomic E-state index is 0.113. The number of carbonyl (C=O) groups is 5. The predicted octanol–water partition coefficient (Wildman–Crippen LogP) is 3.10. The second-order valence-electron chi connectivity index (χ2n) is 19.4. The Balaban J connectivity index is 0.867. The van der Waals surface area contributed by atoms with Crippen molar-refractivity contribution in [1.82, 2.24) is 40.5 Å². The topological polar surface area (TPSA) is 251 Å². The average molecular weight is 998 g/mol. The van der Waals surface area contributed by atoms with Crippen LogP contribution in [0, 0.1) is 11.2 Å². The predicted molar refractivity (Wildman–Crippen MR) is 266 cm³/mol. The molecule has 3 aliphatic heterocycles. The smallest absolute Gasteiger partial charge is 0.254 e. The van der Waals surface area contributed by atoms with E-state index >= 15 is 0 Å². The summed E-state index contributed by atoms with van der Waals surface area (Å²) in [5, 5.41) is 13.5. The first-order chi connectivity index (χ1) is 34.4. The van der Waals surface area contributed by atoms with Crippen LogP contribution in [0.5, 0.6) is 11.6 Å². The Kier molecular flexibility index (Phi) is 17.0. The number of ether oxygens (including phenoxy) is 4. The Bertz CT molecular complexity index is 2640. The summed E-state index contributed by atoms with van der Waals surface area (Å²) in [6, 6.07) is 9.13. The summed E-state index contributed by atoms with van der Waals surface area (Å²) in [6.07, 6.45) is 3.54. The number of hydrogen-bond acceptors (Lipinski definition) is 14. The summed E-state index contributed by atoms with van der Waals surface area (Å²) in [5.41, 5.74) is 16.9. The summed E-state index contributed by atoms with van der Waals surface area (Å²) in [7, 11) is 4.88. The Morgan fingerprint density at radius 3 is 2.46 bits per heavy atom. The molecule has 1 saturated heterocycles. The highest BCUT2D eigenvalue weighted by atomic mass is 19.1. The molecule has 1 fully saturated rings. The molecule has 0 saturated carbocycles. The standard InChI is InChI=1S/C51H68FN11O9/c1-30(55-5)47(66)58-44(51(2,3)4)49(68)62-28-33-23-35(12-10-31(33)24-41(62)46(54)65)72-22-21-71-20-19-70-18-14-42(64)56-15-17-63-50(69-7)43-32-25-40(45(53)57-27-32)61-16-8-9-39(61)37-26-34(52)11-13-36(37)48(67)60(6)29-38(43)59-63/h10-13,23,25-27,30,39,41,44,55H,8-9,14-22,24,28-29H2,1-7H3,(H2,53,57)(H2,54,65)(H,56,64)(H,58,66)/t30-,39+,41-,44+/m0/s1. The lowest BCUT2D eigenvalue weighted by molar-refractivity contribution is -0.146. The van der Waals surface area contributed by atoms with E-state index in [1.165, 1.54) is 30.2 Å². The first kappa shape index (κ1) is 53.0. The number of nitrogens with zero attached hydrogens (tertiary/aromatic N) is 6. The summed E-state index contributed by atoms with van der Waals surface area (Å²) in [4.78, 5) is 76.0. The lowest BCUT2D eigenvalue weighted by Crippen LogP contribution is -2.61. The van der Waals surface area contributed by atoms with Gasteiger partial charge in [0.1, 0.15) is 36.1 Å². The van der Waals surface area contributed by atoms with Crippen molar-refractivity contribution >= 4 is 41.0 Å². The fraction of sp³-hybridized carbons (Fsp3) is 0.510. The van der Waals surface area contributed by atoms with E-state index in [0.717, 1.165) is 17.5 Å². The van der Waals surface area contributed by atoms with E-state index in [2.05, 4.69) is 25.8 Å². The Morgan fingerprint density at radius 1 is 0.986 bits per heavy atom. The molecule has 2 bridgehead atoms. The monoisotopic (exact) mass is 998 g/mol. The molecule has 0 radical (unpaired) electrons. The molecule has 7 rings (SSSR count). The zero-order chi connectivity index (χ0) is 51.9. The molecular weight excluding hydrogens is 930 g/mol. The van der Waals surface area contributed by atoms with Gasteiger partial charge in [-0.3, -0.25) is 24.0 Å². The van der Waals surface area contributed by atoms with Crippen molar-refractivity contribution in [2.24, 2.45) is 11.1 Å². The third kappa shape index (κ3) is 12.1. The number of rotatable bonds is 19. The molecule has 7 N–H and O–H groups in total. The number of nitrogens with one attached hydrogen (secondary N) is 3. The second-order valence-corrected chi connectivity index (χ2v) is 19.4. The van der Waals surface area contributed by atoms with Crippen LogP contribution in [-0.2, 0) is 54.7 Å². The van der Waals surface area contributed by atoms with Crippen molar-refractivity contribution in [3.63, 3.8) is 0 Å². The van der Waals surface area contributed by atoms with Crippen LogP contribution in [0.4, 0.5) is 15.9 Å². The van der Waals surface area contributed by atoms with Crippen molar-refractivity contribution in [3.8, 4) is 22.8 Å². The van der Waals surface area contributed by atoms with E-state index in [9.17, 15) is 28.4 Å². The maximum Gasteiger partial charge on any atom is 0.254 e. The van der Waals surface area contributed by atoms with Gasteiger partial charge in [-0.15, -0.1) is 0 Å². The number of methoxy groups -OCH3 is 1. The van der Waals surface area contributed by atoms with Crippen LogP contribution in [0.2, 0.25) is 0 Å². The van der Waals surface area contributed by atoms with Gasteiger partial charge in [-0.05, 0) is 85.3 Å². The lowest BCUT2D eigenvalue weighted by Gasteiger charge is -2.40. The Hall–Kier alpha value is -6.84. The van der Waals surface area contributed by atoms with Gasteiger partial charge in [0.2, 0.25) is 29.5 Å². The fourth-order valence-electron chi connectivity index (χ4n) is 9.41. The van der Waals surface area contributed by atoms with E-state index in [0.29, 0.717) is 64.0 Å². The van der Waals surface area contributed by atoms with Gasteiger partial charge in [0.25, 0.3) is 5.91 Å². The molecule has 4 aromatic rings. The minimum atomic E-state index is -0.901. The highest BCUT2D eigenvalue weighted by molar-refractivity contribution is 5.96. The number of fused-ring (bicyclic) bond motifs is 9. The summed E-state index contributed by atoms with van der Waals surface area (Å²) >= 11 is 0. The quantitative estimate of drug-likeness (QED) is 0.0848. The fourth-order valence-corrected chi connectivity index (χ4v) is 9.41. The normalized spacial score (nSPS) is 17.3. The van der Waals surface area contributed by atoms with Crippen LogP contribution in [0.3, 0.4) is 0 Å². The van der Waals surface area contributed by atoms with Gasteiger partial charge in [-0.1, -0.05) is 26.8 Å². The van der Waals surface area contributed by atoms with Crippen LogP contribution in [0.15, 0.2) is 48.7 Å². The number of pyridine rings is 1. The highest BCUT2D eigenvalue weighted by Crippen LogP contribution is 2.44. The van der Waals surface area contributed by atoms with E-state index in [1.54, 1.807) is 42.9 Å². The van der Waals surface area contributed by atoms with Crippen LogP contribution in [-0.4, -0.2) is 140 Å². The first-order valence-corrected chi connectivity index (χ1v) is 24.3. The molecule has 72 heavy (non-hydrogen) atoms. The largest absolute Gasteiger partial charge is 0.491 e. The number of amides is 5. The van der Waals surface area contributed by atoms with Crippen molar-refractivity contribution in [3.05, 3.63) is 82.4 Å². The molecule has 21 heteroatoms. The van der Waals surface area contributed by atoms with Crippen molar-refractivity contribution in [2.75, 3.05) is 78.0 Å². The number of anilines is 2. The maximum atomic E-state index is 14.7. The first-order valence-electron chi connectivity index (χ1n) is 24.3. The van der Waals surface area contributed by atoms with E-state index in [4.69, 9.17) is 35.5 Å². The number of halogens is 1. The molecule has 5 amide bonds. The second kappa shape index (κ2) is 23.1. The van der Waals surface area contributed by atoms with Gasteiger partial charge in [0.05, 0.1) is 75.7 Å². The maximum absolute atomic E-state index is 14.7. The lowest BCUT2D eigenvalue weighted by atomic mass is 9.84. The van der Waals surface area contributed by atoms with Crippen LogP contribution >= 0.6 is 0 Å². The van der Waals surface area contributed by atoms with Gasteiger partial charge in [-0.2, -0.15) is 5.10 Å². The number of benzene rings is 2. The van der Waals surface area contributed by atoms with Gasteiger partial charge < -0.3 is 61.1 Å². The third-order valence-electron chi connectivity index (χ3n) is 13.4. The van der Waals surface area contributed by atoms with Crippen molar-refractivity contribution < 1.29 is 47.3 Å². The molecule has 0 spiro atoms. The van der Waals surface area contributed by atoms with E-state index in [-0.39, 0.29) is 95.8 Å². The van der Waals surface area contributed by atoms with Gasteiger partial charge >= 0.3 is 0 Å². The molecular formula is C51H68FN11O9. The van der Waals surface area contributed by atoms with Gasteiger partial charge in [-0.25, -0.2) is 14.1 Å². The summed E-state index contributed by atoms with van der Waals surface area (Å²) < 4.78 is 39.6. The van der Waals surface area contributed by atoms with Crippen molar-refractivity contribution in [1.29, 1.82) is 0 Å². The minimum Gasteiger partial charge on any atom is -0.491 e. The number of hydrogen-bond donors (Lipinski definition) is 5. The molecule has 5 heterocycles. The molecule has 3 aliphatic rings. The molecule has 2 aromatic heterocycles. The van der Waals surface area contributed by atoms with E-state index < -0.39 is 41.2 Å². The molecule has 388 valence electrons. The SMILES string of the molecule is CN[C@@H](C)C(=O)N[C@H](C(=O)N1Cc2cc(OCCOCCOCCC(=O)NCCn3nc4c(c3OC)-c3cnc(N)c(c3)N3CCC[C@@H]3c3cc(F)ccc3C(=O)N(C)C4)ccc2C[C@H]1C(N)=O)C(C)(C)C. The Morgan fingerprint density at radius 2 is 1.74 bits per heavy atom. The molecule has 0 unspecified atom stereocenters. The summed E-state index contributed by atoms with van der Waals surface area (Å²) in [5.74, 6) is -0.956. The molecule has 20 nitrogen and oxygen atoms in total. The van der Waals surface area contributed by atoms with Gasteiger partial charge in [0.15, 0.2) is 0 Å². The summed E-state index contributed by atoms with van der Waals surface area (Å²) in [6.45, 7) is 9.85. The number of primary amides is 1. The number of likely N-dealkylation sites (N-methyl/N-ethyl adjacent to an activating group) is 1. The van der Waals surface area contributed by atoms with Crippen LogP contribution < -0.4 is 41.8 Å². The number of nitrogen functional groups attached to an aromatic ring is 1. The number of carbonyl (C=O) groups excluding carboxylic acids is 5. The molecule has 4 atom stereocenters. The Labute approximate surface area is 419 Å². The van der Waals surface area contributed by atoms with Gasteiger partial charge in [0, 0.05) is 56.8 Å². The van der Waals surface area contributed by atoms with E-state index in [1.807, 2.05) is 39.0 Å². The van der Waals surface area contributed by atoms with Crippen LogP contribution in [0.25, 0.3) is 11.1 Å². The third-order valence-corrected chi connectivity index (χ3v) is 13.4.